The van der Waals surface area contributed by atoms with E-state index in [-0.39, 0.29) is 19.4 Å². The Morgan fingerprint density at radius 2 is 1.11 bits per heavy atom. The maximum Gasteiger partial charge on any atom is 0.472 e. The van der Waals surface area contributed by atoms with Crippen LogP contribution in [0.15, 0.2) is 72.9 Å². The van der Waals surface area contributed by atoms with Gasteiger partial charge in [0.2, 0.25) is 0 Å². The number of phosphoric ester groups is 1. The number of esters is 2. The highest BCUT2D eigenvalue weighted by Crippen LogP contribution is 2.43. The van der Waals surface area contributed by atoms with Crippen molar-refractivity contribution in [2.45, 2.75) is 154 Å². The molecule has 54 heavy (non-hydrogen) atoms. The Kier molecular flexibility index (Phi) is 34.8. The van der Waals surface area contributed by atoms with Gasteiger partial charge in [0, 0.05) is 12.8 Å². The van der Waals surface area contributed by atoms with Crippen molar-refractivity contribution in [3.63, 3.8) is 0 Å². The number of rotatable bonds is 36. The highest BCUT2D eigenvalue weighted by Gasteiger charge is 2.28. The molecule has 0 saturated heterocycles. The van der Waals surface area contributed by atoms with E-state index in [2.05, 4.69) is 54.8 Å². The standard InChI is InChI=1S/C42H70NO10P/c1-3-5-7-9-11-13-15-17-19-21-23-25-27-29-31-33-40(44)50-35-38(36-51-54(48,49)52-37-39(43)42(46)47)53-41(45)34-32-30-28-26-24-22-20-18-16-14-12-10-8-6-4-2/h6,8,10,12,14,16-20,23,25,38-39H,3-5,7,9,11,13,15,21-22,24,26-37,43H2,1-2H3,(H,46,47)(H,48,49)/b8-6+,12-10+,16-14+,19-17+,20-18+,25-23+/t38-,39+/m1/s1. The number of aliphatic carboxylic acids is 1. The van der Waals surface area contributed by atoms with Gasteiger partial charge < -0.3 is 25.2 Å². The molecule has 0 spiro atoms. The molecule has 0 aliphatic carbocycles. The number of carboxylic acids is 1. The molecule has 0 rings (SSSR count). The van der Waals surface area contributed by atoms with Gasteiger partial charge in [-0.1, -0.05) is 138 Å². The van der Waals surface area contributed by atoms with Gasteiger partial charge in [0.25, 0.3) is 0 Å². The molecule has 0 aliphatic rings. The third kappa shape index (κ3) is 35.9. The zero-order valence-electron chi connectivity index (χ0n) is 33.0. The molecule has 0 radical (unpaired) electrons. The molecule has 4 N–H and O–H groups in total. The second-order valence-corrected chi connectivity index (χ2v) is 14.6. The van der Waals surface area contributed by atoms with E-state index in [1.54, 1.807) is 0 Å². The minimum Gasteiger partial charge on any atom is -0.480 e. The second kappa shape index (κ2) is 36.9. The van der Waals surface area contributed by atoms with Crippen LogP contribution in [0, 0.1) is 0 Å². The maximum atomic E-state index is 12.6. The third-order valence-corrected chi connectivity index (χ3v) is 8.98. The van der Waals surface area contributed by atoms with Gasteiger partial charge in [0.05, 0.1) is 13.2 Å². The SMILES string of the molecule is CC/C=C/C=C/C=C/C=C/CCCCCCCC(=O)O[C@H](COC(=O)CCCC/C=C/C/C=C/CCCCCCCC)COP(=O)(O)OC[C@H](N)C(=O)O. The average molecular weight is 780 g/mol. The van der Waals surface area contributed by atoms with Crippen LogP contribution in [-0.2, 0) is 37.5 Å². The summed E-state index contributed by atoms with van der Waals surface area (Å²) < 4.78 is 32.5. The van der Waals surface area contributed by atoms with Gasteiger partial charge >= 0.3 is 25.7 Å². The Bertz CT molecular complexity index is 1190. The predicted octanol–water partition coefficient (Wildman–Crippen LogP) is 10.2. The second-order valence-electron chi connectivity index (χ2n) is 13.1. The van der Waals surface area contributed by atoms with Crippen molar-refractivity contribution in [1.29, 1.82) is 0 Å². The van der Waals surface area contributed by atoms with Crippen LogP contribution >= 0.6 is 7.82 Å². The number of hydrogen-bond acceptors (Lipinski definition) is 9. The fourth-order valence-corrected chi connectivity index (χ4v) is 5.65. The highest BCUT2D eigenvalue weighted by atomic mass is 31.2. The zero-order chi connectivity index (χ0) is 40.0. The van der Waals surface area contributed by atoms with Crippen LogP contribution in [0.1, 0.15) is 142 Å². The molecule has 3 atom stereocenters. The molecule has 0 fully saturated rings. The lowest BCUT2D eigenvalue weighted by Gasteiger charge is -2.20. The van der Waals surface area contributed by atoms with Crippen LogP contribution in [0.2, 0.25) is 0 Å². The van der Waals surface area contributed by atoms with Crippen LogP contribution in [0.5, 0.6) is 0 Å². The molecule has 0 aromatic heterocycles. The first-order valence-electron chi connectivity index (χ1n) is 20.0. The normalized spacial score (nSPS) is 14.6. The van der Waals surface area contributed by atoms with Gasteiger partial charge in [-0.15, -0.1) is 0 Å². The van der Waals surface area contributed by atoms with E-state index in [9.17, 15) is 23.8 Å². The summed E-state index contributed by atoms with van der Waals surface area (Å²) >= 11 is 0. The number of ether oxygens (including phenoxy) is 2. The van der Waals surface area contributed by atoms with Crippen LogP contribution in [0.25, 0.3) is 0 Å². The predicted molar refractivity (Wildman–Crippen MR) is 217 cm³/mol. The number of unbranched alkanes of at least 4 members (excludes halogenated alkanes) is 13. The van der Waals surface area contributed by atoms with E-state index < -0.39 is 51.1 Å². The summed E-state index contributed by atoms with van der Waals surface area (Å²) in [5, 5.41) is 8.87. The molecule has 0 heterocycles. The summed E-state index contributed by atoms with van der Waals surface area (Å²) in [5.41, 5.74) is 5.32. The molecule has 0 bridgehead atoms. The van der Waals surface area contributed by atoms with E-state index in [4.69, 9.17) is 24.8 Å². The van der Waals surface area contributed by atoms with Crippen molar-refractivity contribution in [2.75, 3.05) is 19.8 Å². The van der Waals surface area contributed by atoms with Crippen LogP contribution in [-0.4, -0.2) is 59.9 Å². The molecular weight excluding hydrogens is 709 g/mol. The topological polar surface area (TPSA) is 172 Å². The fourth-order valence-electron chi connectivity index (χ4n) is 4.87. The van der Waals surface area contributed by atoms with E-state index >= 15 is 0 Å². The molecule has 308 valence electrons. The summed E-state index contributed by atoms with van der Waals surface area (Å²) in [6.07, 6.45) is 42.6. The molecule has 0 saturated carbocycles. The average Bonchev–Trinajstić information content (AvgIpc) is 3.14. The van der Waals surface area contributed by atoms with Gasteiger partial charge in [-0.05, 0) is 64.2 Å². The monoisotopic (exact) mass is 779 g/mol. The molecule has 12 heteroatoms. The van der Waals surface area contributed by atoms with Gasteiger partial charge in [0.15, 0.2) is 6.10 Å². The van der Waals surface area contributed by atoms with Gasteiger partial charge in [0.1, 0.15) is 12.6 Å². The van der Waals surface area contributed by atoms with E-state index in [0.29, 0.717) is 12.8 Å². The Balaban J connectivity index is 4.53. The molecular formula is C42H70NO10P. The number of phosphoric acid groups is 1. The van der Waals surface area contributed by atoms with Crippen LogP contribution in [0.4, 0.5) is 0 Å². The molecule has 0 aromatic rings. The lowest BCUT2D eigenvalue weighted by Crippen LogP contribution is -2.34. The van der Waals surface area contributed by atoms with Gasteiger partial charge in [-0.2, -0.15) is 0 Å². The van der Waals surface area contributed by atoms with Gasteiger partial charge in [-0.25, -0.2) is 4.57 Å². The van der Waals surface area contributed by atoms with E-state index in [1.165, 1.54) is 38.5 Å². The Hall–Kier alpha value is -3.08. The minimum absolute atomic E-state index is 0.124. The molecule has 0 amide bonds. The fraction of sp³-hybridized carbons (Fsp3) is 0.643. The largest absolute Gasteiger partial charge is 0.480 e. The number of hydrogen-bond donors (Lipinski definition) is 3. The first-order chi connectivity index (χ1) is 26.1. The summed E-state index contributed by atoms with van der Waals surface area (Å²) in [6, 6.07) is -1.53. The molecule has 1 unspecified atom stereocenters. The lowest BCUT2D eigenvalue weighted by molar-refractivity contribution is -0.161. The number of carbonyl (C=O) groups excluding carboxylic acids is 2. The quantitative estimate of drug-likeness (QED) is 0.0182. The molecule has 11 nitrogen and oxygen atoms in total. The van der Waals surface area contributed by atoms with E-state index in [0.717, 1.165) is 64.2 Å². The summed E-state index contributed by atoms with van der Waals surface area (Å²) in [5.74, 6) is -2.46. The summed E-state index contributed by atoms with van der Waals surface area (Å²) in [7, 11) is -4.73. The van der Waals surface area contributed by atoms with Crippen molar-refractivity contribution < 1.29 is 47.5 Å². The Labute approximate surface area is 325 Å². The summed E-state index contributed by atoms with van der Waals surface area (Å²) in [4.78, 5) is 45.8. The minimum atomic E-state index is -4.73. The van der Waals surface area contributed by atoms with Gasteiger partial charge in [-0.3, -0.25) is 23.4 Å². The number of carbonyl (C=O) groups is 3. The van der Waals surface area contributed by atoms with Crippen molar-refractivity contribution in [3.8, 4) is 0 Å². The third-order valence-electron chi connectivity index (χ3n) is 8.03. The first-order valence-corrected chi connectivity index (χ1v) is 21.5. The van der Waals surface area contributed by atoms with Crippen molar-refractivity contribution in [1.82, 2.24) is 0 Å². The summed E-state index contributed by atoms with van der Waals surface area (Å²) in [6.45, 7) is 2.57. The lowest BCUT2D eigenvalue weighted by atomic mass is 10.1. The van der Waals surface area contributed by atoms with Crippen LogP contribution < -0.4 is 5.73 Å². The number of allylic oxidation sites excluding steroid dienone is 12. The smallest absolute Gasteiger partial charge is 0.472 e. The first kappa shape index (κ1) is 50.9. The maximum absolute atomic E-state index is 12.6. The number of carboxylic acid groups (broad SMARTS) is 1. The van der Waals surface area contributed by atoms with Crippen molar-refractivity contribution in [2.24, 2.45) is 5.73 Å². The Morgan fingerprint density at radius 1 is 0.611 bits per heavy atom. The van der Waals surface area contributed by atoms with Crippen molar-refractivity contribution >= 4 is 25.7 Å². The zero-order valence-corrected chi connectivity index (χ0v) is 33.9. The molecule has 0 aromatic carbocycles. The number of nitrogens with two attached hydrogens (primary N) is 1. The highest BCUT2D eigenvalue weighted by molar-refractivity contribution is 7.47. The Morgan fingerprint density at radius 3 is 1.74 bits per heavy atom. The van der Waals surface area contributed by atoms with Crippen molar-refractivity contribution in [3.05, 3.63) is 72.9 Å². The van der Waals surface area contributed by atoms with Crippen LogP contribution in [0.3, 0.4) is 0 Å². The molecule has 0 aliphatic heterocycles. The van der Waals surface area contributed by atoms with E-state index in [1.807, 2.05) is 36.5 Å².